The molecule has 2 heterocycles. The lowest BCUT2D eigenvalue weighted by Crippen LogP contribution is -2.23. The summed E-state index contributed by atoms with van der Waals surface area (Å²) >= 11 is 0. The van der Waals surface area contributed by atoms with Gasteiger partial charge in [-0.15, -0.1) is 0 Å². The smallest absolute Gasteiger partial charge is 0.108 e. The van der Waals surface area contributed by atoms with Gasteiger partial charge in [0.25, 0.3) is 0 Å². The van der Waals surface area contributed by atoms with Crippen molar-refractivity contribution in [1.29, 1.82) is 0 Å². The normalized spacial score (nSPS) is 18.5. The number of fused-ring (bicyclic) bond motifs is 1. The number of aryl methyl sites for hydroxylation is 1. The van der Waals surface area contributed by atoms with Crippen molar-refractivity contribution in [3.63, 3.8) is 0 Å². The van der Waals surface area contributed by atoms with Crippen LogP contribution in [0.1, 0.15) is 35.8 Å². The maximum Gasteiger partial charge on any atom is 0.108 e. The monoisotopic (exact) mass is 261 g/mol. The van der Waals surface area contributed by atoms with Crippen molar-refractivity contribution in [2.24, 2.45) is 0 Å². The zero-order chi connectivity index (χ0) is 13.1. The number of nitrogens with zero attached hydrogens (tertiary/aromatic N) is 2. The summed E-state index contributed by atoms with van der Waals surface area (Å²) < 4.78 is 7.26. The SMILES string of the molecule is OCCn1cc(CNC2CCCc3occc32)cn1. The molecule has 0 amide bonds. The molecule has 2 aromatic rings. The van der Waals surface area contributed by atoms with Gasteiger partial charge < -0.3 is 14.8 Å². The molecule has 0 aliphatic heterocycles. The van der Waals surface area contributed by atoms with Gasteiger partial charge in [-0.2, -0.15) is 5.10 Å². The minimum absolute atomic E-state index is 0.121. The first-order valence-corrected chi connectivity index (χ1v) is 6.78. The molecule has 102 valence electrons. The van der Waals surface area contributed by atoms with Gasteiger partial charge >= 0.3 is 0 Å². The first-order valence-electron chi connectivity index (χ1n) is 6.78. The molecule has 0 fully saturated rings. The summed E-state index contributed by atoms with van der Waals surface area (Å²) in [7, 11) is 0. The Labute approximate surface area is 112 Å². The van der Waals surface area contributed by atoms with Gasteiger partial charge in [-0.05, 0) is 18.9 Å². The standard InChI is InChI=1S/C14H19N3O2/c18-6-5-17-10-11(9-16-17)8-15-13-2-1-3-14-12(13)4-7-19-14/h4,7,9-10,13,15,18H,1-3,5-6,8H2. The second-order valence-corrected chi connectivity index (χ2v) is 4.96. The average Bonchev–Trinajstić information content (AvgIpc) is 3.05. The van der Waals surface area contributed by atoms with Gasteiger partial charge in [-0.1, -0.05) is 0 Å². The molecule has 0 spiro atoms. The lowest BCUT2D eigenvalue weighted by molar-refractivity contribution is 0.269. The fraction of sp³-hybridized carbons (Fsp3) is 0.500. The van der Waals surface area contributed by atoms with Crippen LogP contribution in [0, 0.1) is 0 Å². The van der Waals surface area contributed by atoms with E-state index in [1.807, 2.05) is 12.4 Å². The summed E-state index contributed by atoms with van der Waals surface area (Å²) in [5.74, 6) is 1.12. The van der Waals surface area contributed by atoms with E-state index >= 15 is 0 Å². The molecule has 3 rings (SSSR count). The first-order chi connectivity index (χ1) is 9.36. The van der Waals surface area contributed by atoms with Gasteiger partial charge in [0.15, 0.2) is 0 Å². The molecule has 1 aliphatic carbocycles. The Balaban J connectivity index is 1.61. The topological polar surface area (TPSA) is 63.2 Å². The maximum absolute atomic E-state index is 8.86. The Morgan fingerprint density at radius 1 is 1.53 bits per heavy atom. The number of hydrogen-bond donors (Lipinski definition) is 2. The van der Waals surface area contributed by atoms with Crippen molar-refractivity contribution in [2.75, 3.05) is 6.61 Å². The minimum atomic E-state index is 0.121. The highest BCUT2D eigenvalue weighted by Crippen LogP contribution is 2.30. The number of aromatic nitrogens is 2. The molecule has 0 saturated carbocycles. The molecule has 1 aliphatic rings. The van der Waals surface area contributed by atoms with Crippen LogP contribution < -0.4 is 5.32 Å². The molecular weight excluding hydrogens is 242 g/mol. The highest BCUT2D eigenvalue weighted by molar-refractivity contribution is 5.24. The zero-order valence-electron chi connectivity index (χ0n) is 10.9. The van der Waals surface area contributed by atoms with Crippen LogP contribution in [0.15, 0.2) is 29.1 Å². The van der Waals surface area contributed by atoms with Gasteiger partial charge in [-0.25, -0.2) is 0 Å². The summed E-state index contributed by atoms with van der Waals surface area (Å²) in [5.41, 5.74) is 2.44. The second-order valence-electron chi connectivity index (χ2n) is 4.96. The fourth-order valence-corrected chi connectivity index (χ4v) is 2.66. The molecule has 19 heavy (non-hydrogen) atoms. The molecule has 5 heteroatoms. The van der Waals surface area contributed by atoms with Crippen LogP contribution in [0.25, 0.3) is 0 Å². The van der Waals surface area contributed by atoms with E-state index in [0.717, 1.165) is 30.7 Å². The summed E-state index contributed by atoms with van der Waals surface area (Å²) in [4.78, 5) is 0. The number of hydrogen-bond acceptors (Lipinski definition) is 4. The Morgan fingerprint density at radius 2 is 2.47 bits per heavy atom. The molecule has 0 saturated heterocycles. The highest BCUT2D eigenvalue weighted by Gasteiger charge is 2.21. The third-order valence-corrected chi connectivity index (χ3v) is 3.62. The summed E-state index contributed by atoms with van der Waals surface area (Å²) in [6.07, 6.45) is 8.97. The quantitative estimate of drug-likeness (QED) is 0.858. The van der Waals surface area contributed by atoms with Crippen molar-refractivity contribution < 1.29 is 9.52 Å². The van der Waals surface area contributed by atoms with Crippen LogP contribution in [0.5, 0.6) is 0 Å². The third-order valence-electron chi connectivity index (χ3n) is 3.62. The van der Waals surface area contributed by atoms with E-state index in [0.29, 0.717) is 12.6 Å². The first kappa shape index (κ1) is 12.4. The molecule has 0 aromatic carbocycles. The predicted molar refractivity (Wildman–Crippen MR) is 70.5 cm³/mol. The number of rotatable bonds is 5. The second kappa shape index (κ2) is 5.59. The van der Waals surface area contributed by atoms with Gasteiger partial charge in [0.2, 0.25) is 0 Å². The molecule has 5 nitrogen and oxygen atoms in total. The Morgan fingerprint density at radius 3 is 3.37 bits per heavy atom. The highest BCUT2D eigenvalue weighted by atomic mass is 16.3. The van der Waals surface area contributed by atoms with Crippen LogP contribution in [0.3, 0.4) is 0 Å². The van der Waals surface area contributed by atoms with Crippen LogP contribution in [0.4, 0.5) is 0 Å². The molecule has 1 unspecified atom stereocenters. The van der Waals surface area contributed by atoms with E-state index in [4.69, 9.17) is 9.52 Å². The molecular formula is C14H19N3O2. The molecule has 2 N–H and O–H groups in total. The van der Waals surface area contributed by atoms with E-state index in [1.165, 1.54) is 12.0 Å². The third kappa shape index (κ3) is 2.72. The number of aliphatic hydroxyl groups is 1. The van der Waals surface area contributed by atoms with Gasteiger partial charge in [0.05, 0.1) is 25.6 Å². The van der Waals surface area contributed by atoms with Crippen LogP contribution in [0.2, 0.25) is 0 Å². The van der Waals surface area contributed by atoms with Crippen molar-refractivity contribution in [3.8, 4) is 0 Å². The van der Waals surface area contributed by atoms with Crippen molar-refractivity contribution in [3.05, 3.63) is 41.6 Å². The fourth-order valence-electron chi connectivity index (χ4n) is 2.66. The molecule has 0 radical (unpaired) electrons. The number of furan rings is 1. The lowest BCUT2D eigenvalue weighted by Gasteiger charge is -2.22. The van der Waals surface area contributed by atoms with Crippen LogP contribution in [-0.4, -0.2) is 21.5 Å². The minimum Gasteiger partial charge on any atom is -0.469 e. The Kier molecular flexibility index (Phi) is 3.66. The predicted octanol–water partition coefficient (Wildman–Crippen LogP) is 1.64. The zero-order valence-corrected chi connectivity index (χ0v) is 10.9. The number of aliphatic hydroxyl groups excluding tert-OH is 1. The van der Waals surface area contributed by atoms with Crippen molar-refractivity contribution in [2.45, 2.75) is 38.4 Å². The van der Waals surface area contributed by atoms with Crippen molar-refractivity contribution in [1.82, 2.24) is 15.1 Å². The molecule has 2 aromatic heterocycles. The van der Waals surface area contributed by atoms with Gasteiger partial charge in [-0.3, -0.25) is 4.68 Å². The van der Waals surface area contributed by atoms with E-state index in [-0.39, 0.29) is 6.61 Å². The average molecular weight is 261 g/mol. The lowest BCUT2D eigenvalue weighted by atomic mass is 9.93. The maximum atomic E-state index is 8.86. The Hall–Kier alpha value is -1.59. The number of nitrogens with one attached hydrogen (secondary N) is 1. The van der Waals surface area contributed by atoms with Gasteiger partial charge in [0.1, 0.15) is 5.76 Å². The summed E-state index contributed by atoms with van der Waals surface area (Å²) in [6.45, 7) is 1.46. The van der Waals surface area contributed by atoms with Crippen molar-refractivity contribution >= 4 is 0 Å². The molecule has 1 atom stereocenters. The van der Waals surface area contributed by atoms with Crippen LogP contribution >= 0.6 is 0 Å². The van der Waals surface area contributed by atoms with E-state index in [1.54, 1.807) is 10.9 Å². The largest absolute Gasteiger partial charge is 0.469 e. The van der Waals surface area contributed by atoms with E-state index in [2.05, 4.69) is 16.5 Å². The summed E-state index contributed by atoms with van der Waals surface area (Å²) in [5, 5.41) is 16.6. The van der Waals surface area contributed by atoms with Gasteiger partial charge in [0, 0.05) is 36.3 Å². The molecule has 0 bridgehead atoms. The summed E-state index contributed by atoms with van der Waals surface area (Å²) in [6, 6.07) is 2.45. The van der Waals surface area contributed by atoms with E-state index in [9.17, 15) is 0 Å². The Bertz CT molecular complexity index is 532. The van der Waals surface area contributed by atoms with E-state index < -0.39 is 0 Å². The van der Waals surface area contributed by atoms with Crippen LogP contribution in [-0.2, 0) is 19.5 Å².